The quantitative estimate of drug-likeness (QED) is 0.0195. The summed E-state index contributed by atoms with van der Waals surface area (Å²) in [4.78, 5) is 37.7. The normalized spacial score (nSPS) is 14.1. The highest BCUT2D eigenvalue weighted by Crippen LogP contribution is 2.38. The molecule has 0 N–H and O–H groups in total. The molecule has 0 aliphatic heterocycles. The van der Waals surface area contributed by atoms with Crippen LogP contribution in [0.4, 0.5) is 0 Å². The Morgan fingerprint density at radius 1 is 0.485 bits per heavy atom. The van der Waals surface area contributed by atoms with Gasteiger partial charge in [-0.2, -0.15) is 0 Å². The number of carbonyl (C=O) groups is 2. The van der Waals surface area contributed by atoms with Gasteiger partial charge in [-0.3, -0.25) is 14.2 Å². The maximum Gasteiger partial charge on any atom is 0.306 e. The van der Waals surface area contributed by atoms with E-state index in [2.05, 4.69) is 98.9 Å². The fourth-order valence-electron chi connectivity index (χ4n) is 6.87. The van der Waals surface area contributed by atoms with E-state index < -0.39 is 32.5 Å². The lowest BCUT2D eigenvalue weighted by molar-refractivity contribution is -0.870. The van der Waals surface area contributed by atoms with Crippen LogP contribution in [0.3, 0.4) is 0 Å². The first-order valence-corrected chi connectivity index (χ1v) is 27.8. The first-order chi connectivity index (χ1) is 32.0. The largest absolute Gasteiger partial charge is 0.756 e. The highest BCUT2D eigenvalue weighted by atomic mass is 31.2. The van der Waals surface area contributed by atoms with Gasteiger partial charge in [-0.1, -0.05) is 208 Å². The Bertz CT molecular complexity index is 1390. The van der Waals surface area contributed by atoms with Crippen molar-refractivity contribution >= 4 is 19.8 Å². The molecule has 0 fully saturated rings. The molecule has 0 saturated carbocycles. The Balaban J connectivity index is 4.33. The Hall–Kier alpha value is -2.81. The highest BCUT2D eigenvalue weighted by Gasteiger charge is 2.21. The molecule has 0 aliphatic rings. The molecule has 2 atom stereocenters. The predicted molar refractivity (Wildman–Crippen MR) is 277 cm³/mol. The lowest BCUT2D eigenvalue weighted by Crippen LogP contribution is -2.37. The fraction of sp³-hybridized carbons (Fsp3) is 0.714. The molecule has 0 rings (SSSR count). The first kappa shape index (κ1) is 63.2. The smallest absolute Gasteiger partial charge is 0.306 e. The van der Waals surface area contributed by atoms with E-state index in [1.165, 1.54) is 89.9 Å². The van der Waals surface area contributed by atoms with E-state index in [-0.39, 0.29) is 26.1 Å². The van der Waals surface area contributed by atoms with Gasteiger partial charge in [-0.05, 0) is 70.6 Å². The van der Waals surface area contributed by atoms with Crippen LogP contribution < -0.4 is 4.89 Å². The summed E-state index contributed by atoms with van der Waals surface area (Å²) in [5, 5.41) is 0. The molecular weight excluding hydrogens is 846 g/mol. The number of likely N-dealkylation sites (N-methyl/N-ethyl adjacent to an activating group) is 1. The van der Waals surface area contributed by atoms with Crippen LogP contribution in [0.2, 0.25) is 0 Å². The molecule has 9 nitrogen and oxygen atoms in total. The zero-order valence-corrected chi connectivity index (χ0v) is 43.8. The molecule has 0 saturated heterocycles. The maximum absolute atomic E-state index is 12.7. The number of ether oxygens (including phenoxy) is 2. The van der Waals surface area contributed by atoms with Crippen LogP contribution in [-0.4, -0.2) is 70.0 Å². The van der Waals surface area contributed by atoms with Crippen molar-refractivity contribution in [2.24, 2.45) is 0 Å². The third-order valence-electron chi connectivity index (χ3n) is 10.9. The van der Waals surface area contributed by atoms with E-state index in [0.29, 0.717) is 17.4 Å². The van der Waals surface area contributed by atoms with Crippen molar-refractivity contribution in [3.8, 4) is 0 Å². The number of carbonyl (C=O) groups excluding carboxylic acids is 2. The molecule has 0 heterocycles. The number of allylic oxidation sites excluding steroid dienone is 14. The second-order valence-electron chi connectivity index (χ2n) is 18.5. The van der Waals surface area contributed by atoms with Crippen molar-refractivity contribution < 1.29 is 42.1 Å². The summed E-state index contributed by atoms with van der Waals surface area (Å²) in [5.74, 6) is -0.872. The third-order valence-corrected chi connectivity index (χ3v) is 11.9. The maximum atomic E-state index is 12.7. The first-order valence-electron chi connectivity index (χ1n) is 26.3. The van der Waals surface area contributed by atoms with Gasteiger partial charge in [0, 0.05) is 12.8 Å². The molecule has 0 bridgehead atoms. The summed E-state index contributed by atoms with van der Waals surface area (Å²) in [6.45, 7) is 4.09. The Labute approximate surface area is 405 Å². The number of hydrogen-bond acceptors (Lipinski definition) is 8. The van der Waals surface area contributed by atoms with Gasteiger partial charge >= 0.3 is 11.9 Å². The van der Waals surface area contributed by atoms with E-state index in [4.69, 9.17) is 18.5 Å². The Morgan fingerprint density at radius 3 is 1.29 bits per heavy atom. The van der Waals surface area contributed by atoms with Crippen LogP contribution in [0.25, 0.3) is 0 Å². The molecule has 66 heavy (non-hydrogen) atoms. The van der Waals surface area contributed by atoms with E-state index >= 15 is 0 Å². The van der Waals surface area contributed by atoms with Gasteiger partial charge in [-0.15, -0.1) is 0 Å². The molecule has 0 aromatic rings. The molecular formula is C56H98NO8P. The summed E-state index contributed by atoms with van der Waals surface area (Å²) in [7, 11) is 1.13. The number of quaternary nitrogens is 1. The Morgan fingerprint density at radius 2 is 0.864 bits per heavy atom. The second-order valence-corrected chi connectivity index (χ2v) is 19.9. The van der Waals surface area contributed by atoms with E-state index in [1.807, 2.05) is 21.1 Å². The summed E-state index contributed by atoms with van der Waals surface area (Å²) in [6, 6.07) is 0. The average molecular weight is 944 g/mol. The molecule has 0 aromatic carbocycles. The minimum atomic E-state index is -4.65. The van der Waals surface area contributed by atoms with Crippen molar-refractivity contribution in [1.29, 1.82) is 0 Å². The summed E-state index contributed by atoms with van der Waals surface area (Å²) >= 11 is 0. The monoisotopic (exact) mass is 944 g/mol. The number of phosphoric ester groups is 1. The number of rotatable bonds is 47. The molecule has 0 aliphatic carbocycles. The van der Waals surface area contributed by atoms with Crippen molar-refractivity contribution in [3.63, 3.8) is 0 Å². The standard InChI is InChI=1S/C56H98NO8P/c1-6-8-10-12-14-16-18-20-22-24-25-26-27-28-29-30-31-33-35-37-39-41-43-45-47-49-56(59)65-54(53-64-66(60,61)63-51-50-57(3,4)5)52-62-55(58)48-46-44-42-40-38-36-34-32-23-21-19-17-15-13-11-9-7-2/h8,10,14,16,20,22,25-26,28-29,31,33,37,39,54H,6-7,9,11-13,15,17-19,21,23-24,27,30,32,34-36,38,40-53H2,1-5H3/b10-8-,16-14-,22-20-,26-25-,29-28-,33-31-,39-37-. The molecule has 380 valence electrons. The zero-order chi connectivity index (χ0) is 48.5. The van der Waals surface area contributed by atoms with Crippen molar-refractivity contribution in [1.82, 2.24) is 0 Å². The lowest BCUT2D eigenvalue weighted by Gasteiger charge is -2.28. The molecule has 0 spiro atoms. The van der Waals surface area contributed by atoms with Gasteiger partial charge in [0.1, 0.15) is 19.8 Å². The topological polar surface area (TPSA) is 111 Å². The van der Waals surface area contributed by atoms with Crippen LogP contribution in [0.5, 0.6) is 0 Å². The molecule has 2 unspecified atom stereocenters. The minimum Gasteiger partial charge on any atom is -0.756 e. The van der Waals surface area contributed by atoms with E-state index in [0.717, 1.165) is 83.5 Å². The van der Waals surface area contributed by atoms with Crippen molar-refractivity contribution in [2.75, 3.05) is 47.5 Å². The number of nitrogens with zero attached hydrogens (tertiary/aromatic N) is 1. The van der Waals surface area contributed by atoms with E-state index in [9.17, 15) is 19.0 Å². The van der Waals surface area contributed by atoms with Crippen LogP contribution in [0, 0.1) is 0 Å². The van der Waals surface area contributed by atoms with Crippen molar-refractivity contribution in [3.05, 3.63) is 85.1 Å². The number of hydrogen-bond donors (Lipinski definition) is 0. The predicted octanol–water partition coefficient (Wildman–Crippen LogP) is 15.3. The molecule has 0 radical (unpaired) electrons. The lowest BCUT2D eigenvalue weighted by atomic mass is 10.0. The van der Waals surface area contributed by atoms with Crippen LogP contribution in [0.1, 0.15) is 206 Å². The minimum absolute atomic E-state index is 0.0409. The van der Waals surface area contributed by atoms with Gasteiger partial charge in [0.05, 0.1) is 27.7 Å². The number of phosphoric acid groups is 1. The zero-order valence-electron chi connectivity index (χ0n) is 42.9. The molecule has 10 heteroatoms. The third kappa shape index (κ3) is 50.6. The van der Waals surface area contributed by atoms with Crippen LogP contribution in [-0.2, 0) is 32.7 Å². The molecule has 0 aromatic heterocycles. The van der Waals surface area contributed by atoms with Gasteiger partial charge in [-0.25, -0.2) is 0 Å². The highest BCUT2D eigenvalue weighted by molar-refractivity contribution is 7.45. The van der Waals surface area contributed by atoms with Gasteiger partial charge in [0.15, 0.2) is 6.10 Å². The summed E-state index contributed by atoms with van der Waals surface area (Å²) in [5.41, 5.74) is 0. The number of esters is 2. The number of unbranched alkanes of at least 4 members (excludes halogenated alkanes) is 19. The SMILES string of the molecule is CC/C=C\C/C=C\C/C=C\C/C=C\C/C=C\C/C=C\C/C=C\CCCCCC(=O)OC(COC(=O)CCCCCCCCCCCCCCCCCCC)COP(=O)([O-])OCC[N+](C)(C)C. The Kier molecular flexibility index (Phi) is 45.3. The van der Waals surface area contributed by atoms with E-state index in [1.54, 1.807) is 0 Å². The fourth-order valence-corrected chi connectivity index (χ4v) is 7.60. The van der Waals surface area contributed by atoms with Gasteiger partial charge < -0.3 is 27.9 Å². The van der Waals surface area contributed by atoms with Crippen LogP contribution >= 0.6 is 7.82 Å². The second kappa shape index (κ2) is 47.3. The summed E-state index contributed by atoms with van der Waals surface area (Å²) < 4.78 is 34.0. The van der Waals surface area contributed by atoms with Crippen molar-refractivity contribution in [2.45, 2.75) is 213 Å². The van der Waals surface area contributed by atoms with Gasteiger partial charge in [0.2, 0.25) is 0 Å². The average Bonchev–Trinajstić information content (AvgIpc) is 3.27. The van der Waals surface area contributed by atoms with Crippen LogP contribution in [0.15, 0.2) is 85.1 Å². The van der Waals surface area contributed by atoms with Gasteiger partial charge in [0.25, 0.3) is 7.82 Å². The summed E-state index contributed by atoms with van der Waals surface area (Å²) in [6.07, 6.45) is 61.9. The molecule has 0 amide bonds.